The van der Waals surface area contributed by atoms with Crippen molar-refractivity contribution >= 4 is 59.1 Å². The Kier molecular flexibility index (Phi) is 31.1. The minimum absolute atomic E-state index is 0.0447. The summed E-state index contributed by atoms with van der Waals surface area (Å²) >= 11 is 0. The lowest BCUT2D eigenvalue weighted by atomic mass is 9.97. The van der Waals surface area contributed by atoms with Crippen molar-refractivity contribution in [3.63, 3.8) is 0 Å². The summed E-state index contributed by atoms with van der Waals surface area (Å²) in [5.74, 6) is -6.52. The molecule has 438 valence electrons. The van der Waals surface area contributed by atoms with Gasteiger partial charge >= 0.3 is 5.97 Å². The molecule has 8 atom stereocenters. The van der Waals surface area contributed by atoms with E-state index in [1.165, 1.54) is 32.1 Å². The van der Waals surface area contributed by atoms with E-state index in [4.69, 9.17) is 49.6 Å². The quantitative estimate of drug-likeness (QED) is 0.0128. The van der Waals surface area contributed by atoms with Crippen LogP contribution in [0.4, 0.5) is 0 Å². The zero-order valence-electron chi connectivity index (χ0n) is 45.1. The van der Waals surface area contributed by atoms with Crippen LogP contribution in [0.15, 0.2) is 34.8 Å². The van der Waals surface area contributed by atoms with Crippen molar-refractivity contribution in [2.45, 2.75) is 145 Å². The van der Waals surface area contributed by atoms with Crippen LogP contribution in [0.25, 0.3) is 0 Å². The van der Waals surface area contributed by atoms with Gasteiger partial charge in [0, 0.05) is 38.0 Å². The van der Waals surface area contributed by atoms with E-state index in [1.807, 2.05) is 0 Å². The van der Waals surface area contributed by atoms with Gasteiger partial charge in [-0.2, -0.15) is 0 Å². The van der Waals surface area contributed by atoms with Crippen molar-refractivity contribution in [1.29, 1.82) is 0 Å². The highest BCUT2D eigenvalue weighted by Crippen LogP contribution is 2.28. The van der Waals surface area contributed by atoms with Crippen molar-refractivity contribution in [3.05, 3.63) is 35.4 Å². The molecular weight excluding hydrogens is 1020 g/mol. The molecule has 28 nitrogen and oxygen atoms in total. The van der Waals surface area contributed by atoms with E-state index >= 15 is 0 Å². The number of methoxy groups -OCH3 is 2. The topological polar surface area (TPSA) is 482 Å². The van der Waals surface area contributed by atoms with Crippen molar-refractivity contribution in [3.8, 4) is 11.5 Å². The molecule has 1 saturated heterocycles. The minimum Gasteiger partial charge on any atom is -0.493 e. The Morgan fingerprint density at radius 1 is 0.769 bits per heavy atom. The number of carboxylic acid groups (broad SMARTS) is 1. The van der Waals surface area contributed by atoms with Crippen LogP contribution in [0.3, 0.4) is 0 Å². The Hall–Kier alpha value is -6.98. The number of amides is 7. The van der Waals surface area contributed by atoms with Crippen LogP contribution in [0.2, 0.25) is 0 Å². The number of ether oxygens (including phenoxy) is 2. The molecule has 1 aromatic rings. The first-order chi connectivity index (χ1) is 37.2. The number of carbonyl (C=O) groups excluding carboxylic acids is 8. The predicted molar refractivity (Wildman–Crippen MR) is 289 cm³/mol. The van der Waals surface area contributed by atoms with Gasteiger partial charge in [-0.05, 0) is 115 Å². The maximum absolute atomic E-state index is 14.4. The summed E-state index contributed by atoms with van der Waals surface area (Å²) < 4.78 is 10.9. The summed E-state index contributed by atoms with van der Waals surface area (Å²) in [5, 5.41) is 35.6. The Labute approximate surface area is 454 Å². The van der Waals surface area contributed by atoms with Gasteiger partial charge in [0.25, 0.3) is 0 Å². The number of guanidine groups is 1. The first-order valence-electron chi connectivity index (χ1n) is 26.2. The minimum atomic E-state index is -1.57. The third-order valence-electron chi connectivity index (χ3n) is 12.8. The van der Waals surface area contributed by atoms with Crippen molar-refractivity contribution < 1.29 is 62.8 Å². The highest BCUT2D eigenvalue weighted by atomic mass is 16.5. The summed E-state index contributed by atoms with van der Waals surface area (Å²) in [6.45, 7) is 1.30. The molecule has 1 heterocycles. The predicted octanol–water partition coefficient (Wildman–Crippen LogP) is -4.54. The van der Waals surface area contributed by atoms with Crippen LogP contribution in [-0.2, 0) is 49.6 Å². The van der Waals surface area contributed by atoms with Crippen LogP contribution in [0, 0.1) is 0 Å². The van der Waals surface area contributed by atoms with Crippen LogP contribution < -0.4 is 81.5 Å². The average Bonchev–Trinajstić information content (AvgIpc) is 3.91. The summed E-state index contributed by atoms with van der Waals surface area (Å²) in [6, 6.07) is -3.73. The first-order valence-corrected chi connectivity index (χ1v) is 26.2. The molecule has 0 unspecified atom stereocenters. The van der Waals surface area contributed by atoms with Crippen molar-refractivity contribution in [2.75, 3.05) is 60.0 Å². The first kappa shape index (κ1) is 67.1. The molecule has 0 aliphatic carbocycles. The second-order valence-corrected chi connectivity index (χ2v) is 18.8. The lowest BCUT2D eigenvalue weighted by Gasteiger charge is -2.30. The summed E-state index contributed by atoms with van der Waals surface area (Å²) in [5.41, 5.74) is 39.8. The molecular formula is C50H85N15O13. The number of nitrogens with zero attached hydrogens (tertiary/aromatic N) is 2. The van der Waals surface area contributed by atoms with E-state index in [0.29, 0.717) is 62.3 Å². The number of hydrogen-bond donors (Lipinski definition) is 15. The third-order valence-corrected chi connectivity index (χ3v) is 12.8. The fourth-order valence-corrected chi connectivity index (χ4v) is 8.35. The molecule has 0 bridgehead atoms. The highest BCUT2D eigenvalue weighted by Gasteiger charge is 2.40. The van der Waals surface area contributed by atoms with Crippen LogP contribution in [0.1, 0.15) is 96.0 Å². The SMILES string of the molecule is COc1ccc(C[C@H](NC(=O)[C@@H]2CCCN2C(=O)[C@@H](CCCN)NC(=O)CNC(=O)[C@H](C)NC(=O)[C@@H](NC(=O)[C@@H](N)CCCCN)[C@@H](O)CN)C(=O)N[C@@H](CCCCN)C(=O)CC/C(=C\CCN=C(N)N)C(=O)O)cc1OC. The van der Waals surface area contributed by atoms with Gasteiger partial charge in [-0.25, -0.2) is 4.79 Å². The molecule has 0 aromatic heterocycles. The van der Waals surface area contributed by atoms with E-state index in [9.17, 15) is 53.4 Å². The monoisotopic (exact) mass is 1100 g/mol. The van der Waals surface area contributed by atoms with Crippen LogP contribution in [-0.4, -0.2) is 183 Å². The second-order valence-electron chi connectivity index (χ2n) is 18.8. The lowest BCUT2D eigenvalue weighted by Crippen LogP contribution is -2.60. The zero-order chi connectivity index (χ0) is 58.3. The van der Waals surface area contributed by atoms with E-state index in [0.717, 1.165) is 0 Å². The molecule has 0 radical (unpaired) electrons. The second kappa shape index (κ2) is 36.2. The molecule has 0 saturated carbocycles. The Morgan fingerprint density at radius 3 is 2.04 bits per heavy atom. The van der Waals surface area contributed by atoms with Gasteiger partial charge in [0.05, 0.1) is 39.0 Å². The number of unbranched alkanes of at least 4 members (excludes halogenated alkanes) is 2. The number of aliphatic carboxylic acids is 1. The number of likely N-dealkylation sites (tertiary alicyclic amines) is 1. The standard InChI is InChI=1S/C50H85N15O13/c1-29(60-47(73)42(38(67)27-54)64-44(70)32(55)12-4-6-20-51)43(69)59-28-41(68)61-34(14-8-22-53)48(74)65-24-10-15-36(65)46(72)63-35(25-30-16-19-39(77-2)40(26-30)78-3)45(71)62-33(13-5-7-21-52)37(66)18-17-31(49(75)76)11-9-23-58-50(56)57/h11,16,19,26,29,32-36,38,42,67H,4-10,12-15,17-18,20-25,27-28,51-55H2,1-3H3,(H,59,69)(H,60,73)(H,61,68)(H,62,71)(H,63,72)(H,64,70)(H,75,76)(H4,56,57,58)/b31-11+/t29-,32-,33-,34+,35-,36-,38-,42-/m0/s1. The molecule has 78 heavy (non-hydrogen) atoms. The van der Waals surface area contributed by atoms with Gasteiger partial charge in [-0.1, -0.05) is 18.6 Å². The smallest absolute Gasteiger partial charge is 0.331 e. The van der Waals surface area contributed by atoms with Gasteiger partial charge in [0.1, 0.15) is 30.2 Å². The number of carboxylic acids is 1. The number of Topliss-reactive ketones (excluding diaryl/α,β-unsaturated/α-hetero) is 1. The fourth-order valence-electron chi connectivity index (χ4n) is 8.35. The highest BCUT2D eigenvalue weighted by molar-refractivity contribution is 5.98. The van der Waals surface area contributed by atoms with Gasteiger partial charge in [0.2, 0.25) is 41.4 Å². The maximum Gasteiger partial charge on any atom is 0.331 e. The van der Waals surface area contributed by atoms with Crippen molar-refractivity contribution in [1.82, 2.24) is 36.8 Å². The molecule has 1 aliphatic heterocycles. The number of rotatable bonds is 38. The molecule has 0 spiro atoms. The largest absolute Gasteiger partial charge is 0.493 e. The number of nitrogens with two attached hydrogens (primary N) is 7. The van der Waals surface area contributed by atoms with E-state index < -0.39 is 115 Å². The maximum atomic E-state index is 14.4. The molecule has 1 fully saturated rings. The number of nitrogens with one attached hydrogen (secondary N) is 6. The number of aliphatic hydroxyl groups is 1. The van der Waals surface area contributed by atoms with Gasteiger partial charge in [0.15, 0.2) is 23.2 Å². The van der Waals surface area contributed by atoms with E-state index in [1.54, 1.807) is 18.2 Å². The zero-order valence-corrected chi connectivity index (χ0v) is 45.1. The Bertz CT molecular complexity index is 2210. The molecule has 22 N–H and O–H groups in total. The molecule has 28 heteroatoms. The summed E-state index contributed by atoms with van der Waals surface area (Å²) in [7, 11) is 2.88. The Balaban J connectivity index is 2.31. The Morgan fingerprint density at radius 2 is 1.42 bits per heavy atom. The molecule has 1 aromatic carbocycles. The normalized spacial score (nSPS) is 15.9. The number of ketones is 1. The average molecular weight is 1100 g/mol. The number of aliphatic imine (C=N–C) groups is 1. The van der Waals surface area contributed by atoms with Gasteiger partial charge in [-0.15, -0.1) is 0 Å². The molecule has 2 rings (SSSR count). The summed E-state index contributed by atoms with van der Waals surface area (Å²) in [4.78, 5) is 126. The van der Waals surface area contributed by atoms with Crippen molar-refractivity contribution in [2.24, 2.45) is 45.1 Å². The molecule has 7 amide bonds. The van der Waals surface area contributed by atoms with Crippen LogP contribution in [0.5, 0.6) is 11.5 Å². The number of aliphatic hydroxyl groups excluding tert-OH is 1. The van der Waals surface area contributed by atoms with Gasteiger partial charge in [-0.3, -0.25) is 43.3 Å². The lowest BCUT2D eigenvalue weighted by molar-refractivity contribution is -0.142. The number of benzene rings is 1. The van der Waals surface area contributed by atoms with E-state index in [2.05, 4.69) is 36.9 Å². The summed E-state index contributed by atoms with van der Waals surface area (Å²) in [6.07, 6.45) is 2.97. The number of hydrogen-bond acceptors (Lipinski definition) is 18. The third kappa shape index (κ3) is 23.3. The van der Waals surface area contributed by atoms with Gasteiger partial charge < -0.3 is 96.6 Å². The van der Waals surface area contributed by atoms with Crippen LogP contribution >= 0.6 is 0 Å². The number of carbonyl (C=O) groups is 9. The van der Waals surface area contributed by atoms with E-state index in [-0.39, 0.29) is 89.0 Å². The fraction of sp³-hybridized carbons (Fsp3) is 0.640. The molecule has 1 aliphatic rings.